The van der Waals surface area contributed by atoms with Crippen molar-refractivity contribution >= 4 is 0 Å². The Morgan fingerprint density at radius 1 is 1.21 bits per heavy atom. The fourth-order valence-corrected chi connectivity index (χ4v) is 1.42. The Balaban J connectivity index is 3.18. The largest absolute Gasteiger partial charge is 0.389 e. The van der Waals surface area contributed by atoms with Crippen molar-refractivity contribution in [3.8, 4) is 0 Å². The molecule has 0 saturated heterocycles. The second-order valence-electron chi connectivity index (χ2n) is 4.52. The molecule has 0 saturated carbocycles. The monoisotopic (exact) mass is 197 g/mol. The first kappa shape index (κ1) is 13.5. The van der Waals surface area contributed by atoms with Gasteiger partial charge in [0.15, 0.2) is 0 Å². The third-order valence-corrected chi connectivity index (χ3v) is 2.42. The molecule has 84 valence electrons. The summed E-state index contributed by atoms with van der Waals surface area (Å²) in [5.41, 5.74) is 1.22. The van der Waals surface area contributed by atoms with Gasteiger partial charge in [-0.25, -0.2) is 0 Å². The van der Waals surface area contributed by atoms with E-state index in [1.165, 1.54) is 37.8 Å². The second kappa shape index (κ2) is 9.11. The van der Waals surface area contributed by atoms with E-state index in [2.05, 4.69) is 32.7 Å². The van der Waals surface area contributed by atoms with Crippen LogP contribution < -0.4 is 5.32 Å². The number of allylic oxidation sites excluding steroid dienone is 1. The molecule has 0 rings (SSSR count). The smallest absolute Gasteiger partial charge is 0.0143 e. The zero-order chi connectivity index (χ0) is 10.8. The number of nitrogens with one attached hydrogen (secondary N) is 1. The summed E-state index contributed by atoms with van der Waals surface area (Å²) in [6, 6.07) is 0. The zero-order valence-corrected chi connectivity index (χ0v) is 10.2. The van der Waals surface area contributed by atoms with Crippen molar-refractivity contribution in [2.75, 3.05) is 6.54 Å². The second-order valence-corrected chi connectivity index (χ2v) is 4.52. The maximum atomic E-state index is 4.03. The van der Waals surface area contributed by atoms with E-state index in [4.69, 9.17) is 0 Å². The summed E-state index contributed by atoms with van der Waals surface area (Å²) in [6.07, 6.45) is 7.64. The van der Waals surface area contributed by atoms with E-state index in [0.717, 1.165) is 18.9 Å². The highest BCUT2D eigenvalue weighted by Crippen LogP contribution is 2.10. The van der Waals surface area contributed by atoms with Gasteiger partial charge < -0.3 is 5.32 Å². The number of hydrogen-bond donors (Lipinski definition) is 1. The topological polar surface area (TPSA) is 12.0 Å². The van der Waals surface area contributed by atoms with Crippen LogP contribution in [0.15, 0.2) is 12.3 Å². The fourth-order valence-electron chi connectivity index (χ4n) is 1.42. The quantitative estimate of drug-likeness (QED) is 0.549. The SMILES string of the molecule is C=C(CCCCC(C)C)NCCCC. The first-order valence-corrected chi connectivity index (χ1v) is 6.08. The third kappa shape index (κ3) is 9.63. The molecule has 1 heteroatoms. The van der Waals surface area contributed by atoms with Gasteiger partial charge >= 0.3 is 0 Å². The van der Waals surface area contributed by atoms with Gasteiger partial charge in [-0.1, -0.05) is 46.6 Å². The molecular formula is C13H27N. The van der Waals surface area contributed by atoms with Crippen LogP contribution in [0.5, 0.6) is 0 Å². The van der Waals surface area contributed by atoms with Gasteiger partial charge in [-0.05, 0) is 25.2 Å². The molecule has 0 amide bonds. The summed E-state index contributed by atoms with van der Waals surface area (Å²) in [5, 5.41) is 3.38. The van der Waals surface area contributed by atoms with E-state index >= 15 is 0 Å². The molecule has 0 radical (unpaired) electrons. The maximum Gasteiger partial charge on any atom is 0.0143 e. The van der Waals surface area contributed by atoms with Gasteiger partial charge in [-0.2, -0.15) is 0 Å². The first-order valence-electron chi connectivity index (χ1n) is 6.08. The highest BCUT2D eigenvalue weighted by molar-refractivity contribution is 4.90. The van der Waals surface area contributed by atoms with Crippen molar-refractivity contribution in [1.29, 1.82) is 0 Å². The van der Waals surface area contributed by atoms with Crippen molar-refractivity contribution in [2.24, 2.45) is 5.92 Å². The van der Waals surface area contributed by atoms with Crippen LogP contribution in [0.4, 0.5) is 0 Å². The van der Waals surface area contributed by atoms with Crippen LogP contribution >= 0.6 is 0 Å². The molecule has 0 heterocycles. The van der Waals surface area contributed by atoms with Gasteiger partial charge in [0, 0.05) is 12.2 Å². The molecule has 1 nitrogen and oxygen atoms in total. The predicted octanol–water partition coefficient (Wildman–Crippen LogP) is 4.11. The van der Waals surface area contributed by atoms with Crippen LogP contribution in [0.3, 0.4) is 0 Å². The lowest BCUT2D eigenvalue weighted by molar-refractivity contribution is 0.531. The van der Waals surface area contributed by atoms with Crippen molar-refractivity contribution < 1.29 is 0 Å². The summed E-state index contributed by atoms with van der Waals surface area (Å²) in [5.74, 6) is 0.844. The summed E-state index contributed by atoms with van der Waals surface area (Å²) in [6.45, 7) is 11.9. The van der Waals surface area contributed by atoms with Gasteiger partial charge in [-0.15, -0.1) is 0 Å². The summed E-state index contributed by atoms with van der Waals surface area (Å²) < 4.78 is 0. The van der Waals surface area contributed by atoms with Crippen molar-refractivity contribution in [3.63, 3.8) is 0 Å². The third-order valence-electron chi connectivity index (χ3n) is 2.42. The Labute approximate surface area is 90.0 Å². The van der Waals surface area contributed by atoms with Crippen LogP contribution in [-0.2, 0) is 0 Å². The minimum atomic E-state index is 0.844. The lowest BCUT2D eigenvalue weighted by Crippen LogP contribution is -2.13. The Hall–Kier alpha value is -0.460. The first-order chi connectivity index (χ1) is 6.66. The molecule has 14 heavy (non-hydrogen) atoms. The Morgan fingerprint density at radius 2 is 1.93 bits per heavy atom. The van der Waals surface area contributed by atoms with Gasteiger partial charge in [0.05, 0.1) is 0 Å². The van der Waals surface area contributed by atoms with E-state index in [1.54, 1.807) is 0 Å². The standard InChI is InChI=1S/C13H27N/c1-5-6-11-14-13(4)10-8-7-9-12(2)3/h12,14H,4-11H2,1-3H3. The molecule has 0 aromatic rings. The highest BCUT2D eigenvalue weighted by atomic mass is 14.9. The van der Waals surface area contributed by atoms with E-state index in [1.807, 2.05) is 0 Å². The Bertz CT molecular complexity index is 138. The summed E-state index contributed by atoms with van der Waals surface area (Å²) in [7, 11) is 0. The zero-order valence-electron chi connectivity index (χ0n) is 10.2. The molecule has 0 aromatic carbocycles. The molecule has 0 bridgehead atoms. The van der Waals surface area contributed by atoms with E-state index in [-0.39, 0.29) is 0 Å². The minimum Gasteiger partial charge on any atom is -0.389 e. The molecule has 0 aliphatic heterocycles. The predicted molar refractivity (Wildman–Crippen MR) is 65.4 cm³/mol. The average molecular weight is 197 g/mol. The maximum absolute atomic E-state index is 4.03. The summed E-state index contributed by atoms with van der Waals surface area (Å²) >= 11 is 0. The highest BCUT2D eigenvalue weighted by Gasteiger charge is 1.96. The van der Waals surface area contributed by atoms with E-state index in [9.17, 15) is 0 Å². The van der Waals surface area contributed by atoms with Crippen molar-refractivity contribution in [1.82, 2.24) is 5.32 Å². The van der Waals surface area contributed by atoms with Gasteiger partial charge in [0.2, 0.25) is 0 Å². The van der Waals surface area contributed by atoms with Crippen LogP contribution in [-0.4, -0.2) is 6.54 Å². The molecular weight excluding hydrogens is 170 g/mol. The van der Waals surface area contributed by atoms with Gasteiger partial charge in [0.1, 0.15) is 0 Å². The van der Waals surface area contributed by atoms with Crippen molar-refractivity contribution in [2.45, 2.75) is 59.3 Å². The fraction of sp³-hybridized carbons (Fsp3) is 0.846. The molecule has 0 aliphatic rings. The molecule has 0 spiro atoms. The average Bonchev–Trinajstić information content (AvgIpc) is 2.13. The molecule has 0 fully saturated rings. The normalized spacial score (nSPS) is 10.6. The molecule has 0 aliphatic carbocycles. The molecule has 0 aromatic heterocycles. The Morgan fingerprint density at radius 3 is 2.50 bits per heavy atom. The number of rotatable bonds is 9. The lowest BCUT2D eigenvalue weighted by atomic mass is 10.0. The van der Waals surface area contributed by atoms with Crippen molar-refractivity contribution in [3.05, 3.63) is 12.3 Å². The van der Waals surface area contributed by atoms with Crippen LogP contribution in [0, 0.1) is 5.92 Å². The molecule has 1 N–H and O–H groups in total. The van der Waals surface area contributed by atoms with E-state index < -0.39 is 0 Å². The number of unbranched alkanes of at least 4 members (excludes halogenated alkanes) is 2. The summed E-state index contributed by atoms with van der Waals surface area (Å²) in [4.78, 5) is 0. The van der Waals surface area contributed by atoms with Crippen LogP contribution in [0.1, 0.15) is 59.3 Å². The minimum absolute atomic E-state index is 0.844. The van der Waals surface area contributed by atoms with Gasteiger partial charge in [0.25, 0.3) is 0 Å². The van der Waals surface area contributed by atoms with Crippen LogP contribution in [0.25, 0.3) is 0 Å². The van der Waals surface area contributed by atoms with E-state index in [0.29, 0.717) is 0 Å². The van der Waals surface area contributed by atoms with Crippen LogP contribution in [0.2, 0.25) is 0 Å². The number of hydrogen-bond acceptors (Lipinski definition) is 1. The Kier molecular flexibility index (Phi) is 8.81. The molecule has 0 unspecified atom stereocenters. The molecule has 0 atom stereocenters. The lowest BCUT2D eigenvalue weighted by Gasteiger charge is -2.09. The van der Waals surface area contributed by atoms with Gasteiger partial charge in [-0.3, -0.25) is 0 Å².